The summed E-state index contributed by atoms with van der Waals surface area (Å²) in [6.07, 6.45) is 0. The van der Waals surface area contributed by atoms with E-state index in [-0.39, 0.29) is 19.2 Å². The lowest BCUT2D eigenvalue weighted by Gasteiger charge is -2.08. The molecule has 0 radical (unpaired) electrons. The Bertz CT molecular complexity index is 904. The van der Waals surface area contributed by atoms with Gasteiger partial charge in [-0.15, -0.1) is 0 Å². The van der Waals surface area contributed by atoms with Gasteiger partial charge < -0.3 is 9.47 Å². The predicted molar refractivity (Wildman–Crippen MR) is 100 cm³/mol. The summed E-state index contributed by atoms with van der Waals surface area (Å²) in [7, 11) is 0. The van der Waals surface area contributed by atoms with Crippen LogP contribution in [0.3, 0.4) is 0 Å². The molecule has 1 aromatic heterocycles. The van der Waals surface area contributed by atoms with E-state index in [0.717, 1.165) is 17.1 Å². The smallest absolute Gasteiger partial charge is 0.338 e. The van der Waals surface area contributed by atoms with Gasteiger partial charge >= 0.3 is 5.97 Å². The van der Waals surface area contributed by atoms with Crippen molar-refractivity contribution in [2.24, 2.45) is 0 Å². The van der Waals surface area contributed by atoms with Crippen LogP contribution in [0.15, 0.2) is 54.6 Å². The van der Waals surface area contributed by atoms with Gasteiger partial charge in [0.15, 0.2) is 0 Å². The summed E-state index contributed by atoms with van der Waals surface area (Å²) in [5.74, 6) is 0.252. The molecule has 0 fully saturated rings. The number of ether oxygens (including phenoxy) is 2. The molecule has 0 aliphatic carbocycles. The molecule has 3 rings (SSSR count). The van der Waals surface area contributed by atoms with Crippen LogP contribution in [0.5, 0.6) is 5.75 Å². The molecule has 134 valence electrons. The number of aryl methyl sites for hydroxylation is 2. The standard InChI is InChI=1S/C20H19ClN2O3/c1-14-12-15(2)23(22-14)18-8-6-16(7-9-18)20(24)26-11-10-25-19-5-3-4-17(21)13-19/h3-9,12-13H,10-11H2,1-2H3. The monoisotopic (exact) mass is 370 g/mol. The van der Waals surface area contributed by atoms with E-state index >= 15 is 0 Å². The van der Waals surface area contributed by atoms with E-state index < -0.39 is 0 Å². The summed E-state index contributed by atoms with van der Waals surface area (Å²) in [6, 6.07) is 16.2. The molecular weight excluding hydrogens is 352 g/mol. The number of carbonyl (C=O) groups excluding carboxylic acids is 1. The Kier molecular flexibility index (Phi) is 5.58. The SMILES string of the molecule is Cc1cc(C)n(-c2ccc(C(=O)OCCOc3cccc(Cl)c3)cc2)n1. The van der Waals surface area contributed by atoms with Gasteiger partial charge in [-0.05, 0) is 62.4 Å². The maximum atomic E-state index is 12.1. The third kappa shape index (κ3) is 4.43. The highest BCUT2D eigenvalue weighted by Crippen LogP contribution is 2.17. The highest BCUT2D eigenvalue weighted by atomic mass is 35.5. The fraction of sp³-hybridized carbons (Fsp3) is 0.200. The predicted octanol–water partition coefficient (Wildman–Crippen LogP) is 4.38. The lowest BCUT2D eigenvalue weighted by atomic mass is 10.2. The lowest BCUT2D eigenvalue weighted by molar-refractivity contribution is 0.0450. The highest BCUT2D eigenvalue weighted by Gasteiger charge is 2.09. The summed E-state index contributed by atoms with van der Waals surface area (Å²) < 4.78 is 12.6. The molecular formula is C20H19ClN2O3. The Balaban J connectivity index is 1.52. The molecule has 6 heteroatoms. The first-order valence-corrected chi connectivity index (χ1v) is 8.60. The first-order valence-electron chi connectivity index (χ1n) is 8.22. The van der Waals surface area contributed by atoms with Crippen molar-refractivity contribution in [3.8, 4) is 11.4 Å². The third-order valence-electron chi connectivity index (χ3n) is 3.74. The van der Waals surface area contributed by atoms with Gasteiger partial charge in [0.1, 0.15) is 19.0 Å². The van der Waals surface area contributed by atoms with Crippen LogP contribution in [0.1, 0.15) is 21.7 Å². The van der Waals surface area contributed by atoms with Gasteiger partial charge in [-0.3, -0.25) is 0 Å². The van der Waals surface area contributed by atoms with Crippen LogP contribution in [0.2, 0.25) is 5.02 Å². The van der Waals surface area contributed by atoms with Crippen LogP contribution < -0.4 is 4.74 Å². The Morgan fingerprint density at radius 1 is 1.08 bits per heavy atom. The zero-order valence-electron chi connectivity index (χ0n) is 14.6. The Hall–Kier alpha value is -2.79. The number of esters is 1. The van der Waals surface area contributed by atoms with Crippen molar-refractivity contribution in [1.82, 2.24) is 9.78 Å². The second-order valence-electron chi connectivity index (χ2n) is 5.83. The Labute approximate surface area is 157 Å². The second-order valence-corrected chi connectivity index (χ2v) is 6.26. The second kappa shape index (κ2) is 8.06. The number of halogens is 1. The first-order chi connectivity index (χ1) is 12.5. The topological polar surface area (TPSA) is 53.4 Å². The van der Waals surface area contributed by atoms with Crippen LogP contribution >= 0.6 is 11.6 Å². The van der Waals surface area contributed by atoms with E-state index in [1.54, 1.807) is 36.4 Å². The molecule has 0 amide bonds. The summed E-state index contributed by atoms with van der Waals surface area (Å²) in [5.41, 5.74) is 3.37. The van der Waals surface area contributed by atoms with Crippen LogP contribution in [0.25, 0.3) is 5.69 Å². The molecule has 5 nitrogen and oxygen atoms in total. The lowest BCUT2D eigenvalue weighted by Crippen LogP contribution is -2.12. The molecule has 0 N–H and O–H groups in total. The molecule has 1 heterocycles. The van der Waals surface area contributed by atoms with Gasteiger partial charge in [-0.25, -0.2) is 9.48 Å². The van der Waals surface area contributed by atoms with Crippen molar-refractivity contribution in [2.45, 2.75) is 13.8 Å². The number of hydrogen-bond donors (Lipinski definition) is 0. The molecule has 0 spiro atoms. The fourth-order valence-corrected chi connectivity index (χ4v) is 2.74. The zero-order valence-corrected chi connectivity index (χ0v) is 15.4. The average molecular weight is 371 g/mol. The van der Waals surface area contributed by atoms with Crippen molar-refractivity contribution in [3.63, 3.8) is 0 Å². The van der Waals surface area contributed by atoms with Crippen LogP contribution in [0, 0.1) is 13.8 Å². The van der Waals surface area contributed by atoms with E-state index in [1.165, 1.54) is 0 Å². The number of carbonyl (C=O) groups is 1. The van der Waals surface area contributed by atoms with E-state index in [9.17, 15) is 4.79 Å². The van der Waals surface area contributed by atoms with Gasteiger partial charge in [0, 0.05) is 10.7 Å². The first kappa shape index (κ1) is 18.0. The van der Waals surface area contributed by atoms with Crippen LogP contribution in [0.4, 0.5) is 0 Å². The maximum Gasteiger partial charge on any atom is 0.338 e. The third-order valence-corrected chi connectivity index (χ3v) is 3.97. The summed E-state index contributed by atoms with van der Waals surface area (Å²) in [6.45, 7) is 4.35. The number of nitrogens with zero attached hydrogens (tertiary/aromatic N) is 2. The van der Waals surface area contributed by atoms with Crippen LogP contribution in [-0.2, 0) is 4.74 Å². The van der Waals surface area contributed by atoms with Crippen molar-refractivity contribution < 1.29 is 14.3 Å². The number of rotatable bonds is 6. The molecule has 26 heavy (non-hydrogen) atoms. The summed E-state index contributed by atoms with van der Waals surface area (Å²) in [4.78, 5) is 12.1. The molecule has 0 saturated carbocycles. The highest BCUT2D eigenvalue weighted by molar-refractivity contribution is 6.30. The summed E-state index contributed by atoms with van der Waals surface area (Å²) >= 11 is 5.88. The largest absolute Gasteiger partial charge is 0.490 e. The molecule has 2 aromatic carbocycles. The summed E-state index contributed by atoms with van der Waals surface area (Å²) in [5, 5.41) is 5.02. The Morgan fingerprint density at radius 3 is 2.50 bits per heavy atom. The van der Waals surface area contributed by atoms with Gasteiger partial charge in [0.25, 0.3) is 0 Å². The molecule has 0 aliphatic heterocycles. The number of aromatic nitrogens is 2. The van der Waals surface area contributed by atoms with E-state index in [0.29, 0.717) is 16.3 Å². The number of hydrogen-bond acceptors (Lipinski definition) is 4. The molecule has 0 atom stereocenters. The van der Waals surface area contributed by atoms with Gasteiger partial charge in [-0.1, -0.05) is 17.7 Å². The van der Waals surface area contributed by atoms with E-state index in [1.807, 2.05) is 36.7 Å². The van der Waals surface area contributed by atoms with Gasteiger partial charge in [-0.2, -0.15) is 5.10 Å². The quantitative estimate of drug-likeness (QED) is 0.477. The van der Waals surface area contributed by atoms with Crippen LogP contribution in [-0.4, -0.2) is 29.0 Å². The maximum absolute atomic E-state index is 12.1. The van der Waals surface area contributed by atoms with E-state index in [2.05, 4.69) is 5.10 Å². The minimum Gasteiger partial charge on any atom is -0.490 e. The molecule has 0 aliphatic rings. The van der Waals surface area contributed by atoms with Gasteiger partial charge in [0.05, 0.1) is 16.9 Å². The molecule has 3 aromatic rings. The minimum atomic E-state index is -0.389. The van der Waals surface area contributed by atoms with Crippen molar-refractivity contribution >= 4 is 17.6 Å². The molecule has 0 unspecified atom stereocenters. The van der Waals surface area contributed by atoms with E-state index in [4.69, 9.17) is 21.1 Å². The Morgan fingerprint density at radius 2 is 1.85 bits per heavy atom. The van der Waals surface area contributed by atoms with Crippen molar-refractivity contribution in [1.29, 1.82) is 0 Å². The van der Waals surface area contributed by atoms with Crippen molar-refractivity contribution in [2.75, 3.05) is 13.2 Å². The minimum absolute atomic E-state index is 0.157. The molecule has 0 bridgehead atoms. The molecule has 0 saturated heterocycles. The van der Waals surface area contributed by atoms with Crippen molar-refractivity contribution in [3.05, 3.63) is 76.6 Å². The normalized spacial score (nSPS) is 10.6. The zero-order chi connectivity index (χ0) is 18.5. The van der Waals surface area contributed by atoms with Gasteiger partial charge in [0.2, 0.25) is 0 Å². The fourth-order valence-electron chi connectivity index (χ4n) is 2.56. The average Bonchev–Trinajstić information content (AvgIpc) is 2.97. The number of benzene rings is 2.